The fourth-order valence-corrected chi connectivity index (χ4v) is 0. The van der Waals surface area contributed by atoms with E-state index in [1.54, 1.807) is 0 Å². The van der Waals surface area contributed by atoms with Crippen molar-refractivity contribution in [2.24, 2.45) is 0 Å². The van der Waals surface area contributed by atoms with Gasteiger partial charge in [-0.2, -0.15) is 0 Å². The first-order chi connectivity index (χ1) is 3.68. The summed E-state index contributed by atoms with van der Waals surface area (Å²) in [6, 6.07) is 0. The van der Waals surface area contributed by atoms with Crippen LogP contribution >= 0.6 is 0 Å². The summed E-state index contributed by atoms with van der Waals surface area (Å²) in [5.41, 5.74) is 0. The maximum Gasteiger partial charge on any atom is 0.345 e. The third-order valence-electron chi connectivity index (χ3n) is 0.144. The predicted molar refractivity (Wildman–Crippen MR) is 28.8 cm³/mol. The van der Waals surface area contributed by atoms with E-state index < -0.39 is 0 Å². The van der Waals surface area contributed by atoms with Crippen LogP contribution in [0.2, 0.25) is 0 Å². The average molecular weight is 129 g/mol. The van der Waals surface area contributed by atoms with Crippen molar-refractivity contribution < 1.29 is 14.0 Å². The smallest absolute Gasteiger partial charge is 0.345 e. The van der Waals surface area contributed by atoms with Crippen molar-refractivity contribution in [1.82, 2.24) is 0 Å². The summed E-state index contributed by atoms with van der Waals surface area (Å²) in [5.74, 6) is 0.918. The number of rotatable bonds is 0. The minimum atomic E-state index is -0.332. The molecule has 4 heteroatoms. The van der Waals surface area contributed by atoms with Gasteiger partial charge in [0.1, 0.15) is 5.94 Å². The Kier molecular flexibility index (Phi) is 12.0. The van der Waals surface area contributed by atoms with E-state index in [-0.39, 0.29) is 5.97 Å². The van der Waals surface area contributed by atoms with Crippen LogP contribution in [-0.2, 0) is 14.0 Å². The highest BCUT2D eigenvalue weighted by Gasteiger charge is 1.76. The van der Waals surface area contributed by atoms with Gasteiger partial charge in [-0.1, -0.05) is 0 Å². The van der Waals surface area contributed by atoms with Crippen LogP contribution in [0.5, 0.6) is 0 Å². The fourth-order valence-electron chi connectivity index (χ4n) is 0. The Morgan fingerprint density at radius 3 is 2.00 bits per heavy atom. The van der Waals surface area contributed by atoms with Crippen LogP contribution in [0.25, 0.3) is 0 Å². The van der Waals surface area contributed by atoms with E-state index in [0.717, 1.165) is 0 Å². The molecule has 0 saturated carbocycles. The number of carbonyl (C=O) groups is 1. The summed E-state index contributed by atoms with van der Waals surface area (Å²) in [7, 11) is 2.51. The molecule has 0 aromatic heterocycles. The molecule has 0 aliphatic carbocycles. The Bertz CT molecular complexity index is 93.5. The molecule has 0 unspecified atom stereocenters. The van der Waals surface area contributed by atoms with Gasteiger partial charge in [-0.05, 0) is 6.58 Å². The lowest BCUT2D eigenvalue weighted by molar-refractivity contribution is -0.131. The molecule has 0 aromatic carbocycles. The van der Waals surface area contributed by atoms with Crippen LogP contribution in [0.3, 0.4) is 0 Å². The highest BCUT2D eigenvalue weighted by Crippen LogP contribution is 1.58. The van der Waals surface area contributed by atoms with Gasteiger partial charge in [-0.25, -0.2) is 4.79 Å². The van der Waals surface area contributed by atoms with Gasteiger partial charge in [-0.15, -0.1) is 0 Å². The Labute approximate surface area is 50.9 Å². The van der Waals surface area contributed by atoms with E-state index in [0.29, 0.717) is 0 Å². The zero-order valence-electron chi connectivity index (χ0n) is 4.43. The minimum Gasteiger partial charge on any atom is -0.516 e. The van der Waals surface area contributed by atoms with Crippen LogP contribution in [-0.4, -0.2) is 22.4 Å². The Morgan fingerprint density at radius 1 is 1.88 bits per heavy atom. The maximum absolute atomic E-state index is 9.54. The second-order valence-corrected chi connectivity index (χ2v) is 0.942. The fraction of sp³-hybridized carbons (Fsp3) is 0.250. The Balaban J connectivity index is 0. The van der Waals surface area contributed by atoms with Gasteiger partial charge in [0.05, 0.1) is 0 Å². The van der Waals surface area contributed by atoms with Gasteiger partial charge in [-0.3, -0.25) is 4.79 Å². The van der Waals surface area contributed by atoms with Gasteiger partial charge in [0.25, 0.3) is 5.97 Å². The van der Waals surface area contributed by atoms with Gasteiger partial charge in [0, 0.05) is 6.92 Å². The average Bonchev–Trinajstić information content (AvgIpc) is 1.69. The summed E-state index contributed by atoms with van der Waals surface area (Å²) < 4.78 is 3.92. The van der Waals surface area contributed by atoms with Crippen molar-refractivity contribution in [3.05, 3.63) is 6.58 Å². The minimum absolute atomic E-state index is 0.332. The second-order valence-electron chi connectivity index (χ2n) is 0.738. The molecule has 0 aliphatic rings. The lowest BCUT2D eigenvalue weighted by Gasteiger charge is -1.80. The van der Waals surface area contributed by atoms with E-state index in [1.165, 1.54) is 12.9 Å². The van der Waals surface area contributed by atoms with Gasteiger partial charge < -0.3 is 4.43 Å². The zero-order valence-corrected chi connectivity index (χ0v) is 5.43. The SMILES string of the molecule is C=C=O.CC(=O)O[Si]. The van der Waals surface area contributed by atoms with E-state index >= 15 is 0 Å². The Morgan fingerprint density at radius 2 is 2.00 bits per heavy atom. The molecule has 0 saturated heterocycles. The van der Waals surface area contributed by atoms with Crippen molar-refractivity contribution in [3.63, 3.8) is 0 Å². The number of hydrogen-bond donors (Lipinski definition) is 0. The molecule has 0 aromatic rings. The van der Waals surface area contributed by atoms with Crippen LogP contribution in [0, 0.1) is 0 Å². The zero-order chi connectivity index (χ0) is 6.99. The van der Waals surface area contributed by atoms with Crippen molar-refractivity contribution >= 4 is 22.4 Å². The highest BCUT2D eigenvalue weighted by molar-refractivity contribution is 6.04. The molecule has 0 amide bonds. The van der Waals surface area contributed by atoms with E-state index in [1.807, 2.05) is 0 Å². The van der Waals surface area contributed by atoms with Gasteiger partial charge in [0.2, 0.25) is 0 Å². The van der Waals surface area contributed by atoms with Crippen LogP contribution in [0.4, 0.5) is 0 Å². The van der Waals surface area contributed by atoms with Gasteiger partial charge >= 0.3 is 10.5 Å². The molecular formula is C4H5O3Si. The van der Waals surface area contributed by atoms with Crippen molar-refractivity contribution in [3.8, 4) is 0 Å². The third-order valence-corrected chi connectivity index (χ3v) is 0.431. The molecule has 0 bridgehead atoms. The molecule has 0 heterocycles. The maximum atomic E-state index is 9.54. The number of carbonyl (C=O) groups excluding carboxylic acids is 2. The third kappa shape index (κ3) is 68.0. The largest absolute Gasteiger partial charge is 0.516 e. The monoisotopic (exact) mass is 129 g/mol. The van der Waals surface area contributed by atoms with E-state index in [4.69, 9.17) is 4.79 Å². The molecule has 3 radical (unpaired) electrons. The molecule has 0 fully saturated rings. The molecular weight excluding hydrogens is 124 g/mol. The first-order valence-corrected chi connectivity index (χ1v) is 2.08. The molecule has 8 heavy (non-hydrogen) atoms. The van der Waals surface area contributed by atoms with Crippen molar-refractivity contribution in [2.75, 3.05) is 0 Å². The lowest BCUT2D eigenvalue weighted by Crippen LogP contribution is -1.90. The standard InChI is InChI=1S/C2H3O2Si.C2H2O/c1-2(3)4-5;1-2-3/h1H3;1H2. The van der Waals surface area contributed by atoms with Crippen molar-refractivity contribution in [1.29, 1.82) is 0 Å². The van der Waals surface area contributed by atoms with E-state index in [9.17, 15) is 4.79 Å². The molecule has 3 nitrogen and oxygen atoms in total. The molecule has 0 spiro atoms. The molecule has 0 aliphatic heterocycles. The summed E-state index contributed by atoms with van der Waals surface area (Å²) in [4.78, 5) is 18.1. The van der Waals surface area contributed by atoms with Crippen LogP contribution < -0.4 is 0 Å². The highest BCUT2D eigenvalue weighted by atomic mass is 28.2. The number of hydrogen-bond acceptors (Lipinski definition) is 3. The molecule has 0 atom stereocenters. The van der Waals surface area contributed by atoms with E-state index in [2.05, 4.69) is 21.5 Å². The second kappa shape index (κ2) is 9.46. The molecule has 43 valence electrons. The summed E-state index contributed by atoms with van der Waals surface area (Å²) in [6.45, 7) is 3.99. The predicted octanol–water partition coefficient (Wildman–Crippen LogP) is -0.363. The van der Waals surface area contributed by atoms with Crippen molar-refractivity contribution in [2.45, 2.75) is 6.92 Å². The molecule has 0 rings (SSSR count). The van der Waals surface area contributed by atoms with Crippen LogP contribution in [0.1, 0.15) is 6.92 Å². The molecule has 0 N–H and O–H groups in total. The van der Waals surface area contributed by atoms with Gasteiger partial charge in [0.15, 0.2) is 0 Å². The normalized spacial score (nSPS) is 5.25. The summed E-state index contributed by atoms with van der Waals surface area (Å²) in [6.07, 6.45) is 0. The van der Waals surface area contributed by atoms with Crippen LogP contribution in [0.15, 0.2) is 6.58 Å². The first kappa shape index (κ1) is 10.2. The Hall–Kier alpha value is -0.863. The summed E-state index contributed by atoms with van der Waals surface area (Å²) >= 11 is 0. The topological polar surface area (TPSA) is 43.4 Å². The lowest BCUT2D eigenvalue weighted by atomic mass is 10.9. The summed E-state index contributed by atoms with van der Waals surface area (Å²) in [5, 5.41) is 0. The first-order valence-electron chi connectivity index (χ1n) is 1.67. The quantitative estimate of drug-likeness (QED) is 0.331.